The number of hydrogen-bond acceptors (Lipinski definition) is 3. The standard InChI is InChI=1S/C25H29N3O2/c1-19(29)28-17-14-20-8-4-5-9-23(20)24(28)18-25(30)26-21-10-12-22(13-11-21)27-15-6-2-3-7-16-27/h4-5,8-14,17,24H,2-3,6-7,15-16,18H2,1H3,(H,26,30)/t24-/m0/s1. The van der Waals surface area contributed by atoms with Crippen LogP contribution in [0, 0.1) is 0 Å². The van der Waals surface area contributed by atoms with Gasteiger partial charge >= 0.3 is 0 Å². The quantitative estimate of drug-likeness (QED) is 0.784. The SMILES string of the molecule is CC(=O)N1C=Cc2ccccc2[C@@H]1CC(=O)Nc1ccc(N2CCCCCC2)cc1. The van der Waals surface area contributed by atoms with Crippen LogP contribution in [0.25, 0.3) is 6.08 Å². The number of carbonyl (C=O) groups excluding carboxylic acids is 2. The van der Waals surface area contributed by atoms with Gasteiger partial charge in [0.15, 0.2) is 0 Å². The van der Waals surface area contributed by atoms with E-state index in [0.29, 0.717) is 0 Å². The molecule has 1 fully saturated rings. The number of fused-ring (bicyclic) bond motifs is 1. The van der Waals surface area contributed by atoms with Crippen LogP contribution in [-0.2, 0) is 9.59 Å². The third kappa shape index (κ3) is 4.56. The Morgan fingerprint density at radius 2 is 1.67 bits per heavy atom. The molecule has 0 aliphatic carbocycles. The molecule has 4 rings (SSSR count). The Balaban J connectivity index is 1.43. The summed E-state index contributed by atoms with van der Waals surface area (Å²) in [5.74, 6) is -0.167. The van der Waals surface area contributed by atoms with Crippen molar-refractivity contribution < 1.29 is 9.59 Å². The van der Waals surface area contributed by atoms with Gasteiger partial charge in [-0.25, -0.2) is 0 Å². The third-order valence-corrected chi connectivity index (χ3v) is 5.97. The first kappa shape index (κ1) is 20.2. The molecule has 0 radical (unpaired) electrons. The van der Waals surface area contributed by atoms with Crippen molar-refractivity contribution in [2.45, 2.75) is 45.1 Å². The van der Waals surface area contributed by atoms with Crippen molar-refractivity contribution in [3.63, 3.8) is 0 Å². The molecule has 1 N–H and O–H groups in total. The maximum atomic E-state index is 12.8. The van der Waals surface area contributed by atoms with E-state index in [9.17, 15) is 9.59 Å². The smallest absolute Gasteiger partial charge is 0.226 e. The zero-order valence-corrected chi connectivity index (χ0v) is 17.5. The highest BCUT2D eigenvalue weighted by Gasteiger charge is 2.28. The summed E-state index contributed by atoms with van der Waals surface area (Å²) in [5, 5.41) is 3.00. The monoisotopic (exact) mass is 403 g/mol. The van der Waals surface area contributed by atoms with Gasteiger partial charge in [0.25, 0.3) is 0 Å². The zero-order valence-electron chi connectivity index (χ0n) is 17.5. The van der Waals surface area contributed by atoms with Crippen LogP contribution in [0.2, 0.25) is 0 Å². The lowest BCUT2D eigenvalue weighted by Crippen LogP contribution is -2.33. The minimum atomic E-state index is -0.292. The van der Waals surface area contributed by atoms with Crippen LogP contribution in [0.3, 0.4) is 0 Å². The maximum Gasteiger partial charge on any atom is 0.226 e. The van der Waals surface area contributed by atoms with E-state index in [2.05, 4.69) is 22.3 Å². The summed E-state index contributed by atoms with van der Waals surface area (Å²) in [7, 11) is 0. The third-order valence-electron chi connectivity index (χ3n) is 5.97. The lowest BCUT2D eigenvalue weighted by molar-refractivity contribution is -0.129. The Morgan fingerprint density at radius 1 is 0.967 bits per heavy atom. The zero-order chi connectivity index (χ0) is 20.9. The van der Waals surface area contributed by atoms with Gasteiger partial charge < -0.3 is 15.1 Å². The minimum absolute atomic E-state index is 0.0691. The number of anilines is 2. The Labute approximate surface area is 178 Å². The summed E-state index contributed by atoms with van der Waals surface area (Å²) in [4.78, 5) is 29.0. The van der Waals surface area contributed by atoms with Gasteiger partial charge in [-0.1, -0.05) is 37.1 Å². The molecule has 1 atom stereocenters. The van der Waals surface area contributed by atoms with Crippen LogP contribution >= 0.6 is 0 Å². The molecule has 1 saturated heterocycles. The van der Waals surface area contributed by atoms with E-state index in [1.54, 1.807) is 11.1 Å². The molecular formula is C25H29N3O2. The average Bonchev–Trinajstić information content (AvgIpc) is 3.04. The number of amides is 2. The Bertz CT molecular complexity index is 928. The van der Waals surface area contributed by atoms with Crippen LogP contribution in [0.5, 0.6) is 0 Å². The van der Waals surface area contributed by atoms with E-state index in [1.165, 1.54) is 38.3 Å². The molecule has 2 aliphatic heterocycles. The molecule has 2 aromatic carbocycles. The molecule has 30 heavy (non-hydrogen) atoms. The van der Waals surface area contributed by atoms with E-state index in [-0.39, 0.29) is 24.3 Å². The van der Waals surface area contributed by atoms with Crippen molar-refractivity contribution in [3.05, 3.63) is 65.9 Å². The normalized spacial score (nSPS) is 18.5. The molecule has 2 aliphatic rings. The first-order chi connectivity index (χ1) is 14.6. The fourth-order valence-electron chi connectivity index (χ4n) is 4.39. The summed E-state index contributed by atoms with van der Waals surface area (Å²) < 4.78 is 0. The van der Waals surface area contributed by atoms with Gasteiger partial charge in [-0.15, -0.1) is 0 Å². The van der Waals surface area contributed by atoms with Crippen molar-refractivity contribution in [1.29, 1.82) is 0 Å². The van der Waals surface area contributed by atoms with Gasteiger partial charge in [0.1, 0.15) is 0 Å². The fraction of sp³-hybridized carbons (Fsp3) is 0.360. The van der Waals surface area contributed by atoms with Gasteiger partial charge in [0, 0.05) is 37.6 Å². The number of nitrogens with zero attached hydrogens (tertiary/aromatic N) is 2. The summed E-state index contributed by atoms with van der Waals surface area (Å²) in [5.41, 5.74) is 4.05. The van der Waals surface area contributed by atoms with Crippen LogP contribution in [-0.4, -0.2) is 29.8 Å². The molecule has 2 heterocycles. The van der Waals surface area contributed by atoms with Crippen LogP contribution in [0.1, 0.15) is 56.2 Å². The molecule has 0 unspecified atom stereocenters. The van der Waals surface area contributed by atoms with Crippen molar-refractivity contribution in [2.75, 3.05) is 23.3 Å². The van der Waals surface area contributed by atoms with Crippen molar-refractivity contribution in [2.24, 2.45) is 0 Å². The first-order valence-corrected chi connectivity index (χ1v) is 10.8. The number of carbonyl (C=O) groups is 2. The van der Waals surface area contributed by atoms with Crippen LogP contribution in [0.4, 0.5) is 11.4 Å². The summed E-state index contributed by atoms with van der Waals surface area (Å²) >= 11 is 0. The minimum Gasteiger partial charge on any atom is -0.372 e. The van der Waals surface area contributed by atoms with Crippen LogP contribution < -0.4 is 10.2 Å². The molecule has 0 aromatic heterocycles. The molecule has 2 aromatic rings. The van der Waals surface area contributed by atoms with Gasteiger partial charge in [0.05, 0.1) is 12.5 Å². The van der Waals surface area contributed by atoms with E-state index in [0.717, 1.165) is 29.9 Å². The predicted molar refractivity (Wildman–Crippen MR) is 121 cm³/mol. The second kappa shape index (κ2) is 9.16. The highest BCUT2D eigenvalue weighted by molar-refractivity contribution is 5.92. The summed E-state index contributed by atoms with van der Waals surface area (Å²) in [6.45, 7) is 3.73. The molecular weight excluding hydrogens is 374 g/mol. The topological polar surface area (TPSA) is 52.7 Å². The van der Waals surface area contributed by atoms with E-state index >= 15 is 0 Å². The Morgan fingerprint density at radius 3 is 2.37 bits per heavy atom. The van der Waals surface area contributed by atoms with Crippen molar-refractivity contribution >= 4 is 29.3 Å². The number of nitrogens with one attached hydrogen (secondary N) is 1. The van der Waals surface area contributed by atoms with Crippen molar-refractivity contribution in [3.8, 4) is 0 Å². The summed E-state index contributed by atoms with van der Waals surface area (Å²) in [6, 6.07) is 15.7. The summed E-state index contributed by atoms with van der Waals surface area (Å²) in [6.07, 6.45) is 9.01. The van der Waals surface area contributed by atoms with Gasteiger partial charge in [-0.2, -0.15) is 0 Å². The average molecular weight is 404 g/mol. The highest BCUT2D eigenvalue weighted by atomic mass is 16.2. The molecule has 156 valence electrons. The number of rotatable bonds is 4. The van der Waals surface area contributed by atoms with Crippen LogP contribution in [0.15, 0.2) is 54.7 Å². The fourth-order valence-corrected chi connectivity index (χ4v) is 4.39. The molecule has 0 spiro atoms. The predicted octanol–water partition coefficient (Wildman–Crippen LogP) is 4.97. The number of hydrogen-bond donors (Lipinski definition) is 1. The van der Waals surface area contributed by atoms with Gasteiger partial charge in [0.2, 0.25) is 11.8 Å². The maximum absolute atomic E-state index is 12.8. The van der Waals surface area contributed by atoms with Gasteiger partial charge in [-0.3, -0.25) is 9.59 Å². The van der Waals surface area contributed by atoms with E-state index < -0.39 is 0 Å². The van der Waals surface area contributed by atoms with Crippen molar-refractivity contribution in [1.82, 2.24) is 4.90 Å². The Kier molecular flexibility index (Phi) is 6.17. The lowest BCUT2D eigenvalue weighted by atomic mass is 9.93. The van der Waals surface area contributed by atoms with E-state index in [1.807, 2.05) is 42.5 Å². The molecule has 5 heteroatoms. The molecule has 2 amide bonds. The number of benzene rings is 2. The second-order valence-electron chi connectivity index (χ2n) is 8.09. The van der Waals surface area contributed by atoms with Gasteiger partial charge in [-0.05, 0) is 54.3 Å². The second-order valence-corrected chi connectivity index (χ2v) is 8.09. The first-order valence-electron chi connectivity index (χ1n) is 10.8. The molecule has 0 bridgehead atoms. The molecule has 5 nitrogen and oxygen atoms in total. The lowest BCUT2D eigenvalue weighted by Gasteiger charge is -2.32. The van der Waals surface area contributed by atoms with E-state index in [4.69, 9.17) is 0 Å². The molecule has 0 saturated carbocycles. The Hall–Kier alpha value is -3.08. The largest absolute Gasteiger partial charge is 0.372 e. The highest BCUT2D eigenvalue weighted by Crippen LogP contribution is 2.33.